The number of hydrogen-bond donors (Lipinski definition) is 0. The van der Waals surface area contributed by atoms with E-state index in [2.05, 4.69) is 39.1 Å². The maximum atomic E-state index is 4.53. The van der Waals surface area contributed by atoms with E-state index in [9.17, 15) is 0 Å². The zero-order chi connectivity index (χ0) is 14.7. The van der Waals surface area contributed by atoms with Gasteiger partial charge in [-0.2, -0.15) is 0 Å². The fourth-order valence-corrected chi connectivity index (χ4v) is 2.93. The Kier molecular flexibility index (Phi) is 4.15. The van der Waals surface area contributed by atoms with E-state index in [-0.39, 0.29) is 0 Å². The number of hydrogen-bond acceptors (Lipinski definition) is 4. The van der Waals surface area contributed by atoms with Crippen LogP contribution in [0.4, 0.5) is 5.82 Å². The molecule has 1 atom stereocenters. The Hall–Kier alpha value is -1.94. The molecule has 0 aromatic carbocycles. The highest BCUT2D eigenvalue weighted by Gasteiger charge is 2.26. The highest BCUT2D eigenvalue weighted by Crippen LogP contribution is 2.31. The van der Waals surface area contributed by atoms with Crippen molar-refractivity contribution in [2.24, 2.45) is 0 Å². The molecule has 3 rings (SSSR count). The van der Waals surface area contributed by atoms with Crippen LogP contribution in [0.3, 0.4) is 0 Å². The second kappa shape index (κ2) is 6.22. The largest absolute Gasteiger partial charge is 0.363 e. The van der Waals surface area contributed by atoms with Crippen molar-refractivity contribution >= 4 is 5.82 Å². The van der Waals surface area contributed by atoms with Crippen LogP contribution in [0.15, 0.2) is 42.7 Å². The summed E-state index contributed by atoms with van der Waals surface area (Å²) >= 11 is 0. The van der Waals surface area contributed by atoms with Gasteiger partial charge in [0.15, 0.2) is 0 Å². The topological polar surface area (TPSA) is 32.3 Å². The van der Waals surface area contributed by atoms with Crippen LogP contribution < -0.4 is 4.90 Å². The number of likely N-dealkylation sites (tertiary alicyclic amines) is 1. The van der Waals surface area contributed by atoms with Gasteiger partial charge in [-0.05, 0) is 43.1 Å². The van der Waals surface area contributed by atoms with Crippen molar-refractivity contribution in [2.75, 3.05) is 25.5 Å². The summed E-state index contributed by atoms with van der Waals surface area (Å²) in [7, 11) is 4.03. The molecule has 4 heteroatoms. The second-order valence-corrected chi connectivity index (χ2v) is 5.80. The summed E-state index contributed by atoms with van der Waals surface area (Å²) in [5, 5.41) is 0. The van der Waals surface area contributed by atoms with Crippen molar-refractivity contribution in [2.45, 2.75) is 25.4 Å². The second-order valence-electron chi connectivity index (χ2n) is 5.80. The lowest BCUT2D eigenvalue weighted by Gasteiger charge is -2.24. The Morgan fingerprint density at radius 2 is 2.10 bits per heavy atom. The van der Waals surface area contributed by atoms with Crippen molar-refractivity contribution in [1.29, 1.82) is 0 Å². The molecule has 1 fully saturated rings. The van der Waals surface area contributed by atoms with Crippen molar-refractivity contribution < 1.29 is 0 Å². The zero-order valence-electron chi connectivity index (χ0n) is 12.7. The Labute approximate surface area is 126 Å². The lowest BCUT2D eigenvalue weighted by Crippen LogP contribution is -2.23. The van der Waals surface area contributed by atoms with Gasteiger partial charge in [0.1, 0.15) is 5.82 Å². The van der Waals surface area contributed by atoms with Gasteiger partial charge < -0.3 is 4.90 Å². The minimum absolute atomic E-state index is 0.444. The van der Waals surface area contributed by atoms with Crippen molar-refractivity contribution in [3.8, 4) is 0 Å². The van der Waals surface area contributed by atoms with Gasteiger partial charge in [-0.1, -0.05) is 12.1 Å². The molecule has 2 aromatic rings. The SMILES string of the molecule is CN(C)c1ccc(CN2CCCC2c2ccccn2)cn1. The smallest absolute Gasteiger partial charge is 0.127 e. The molecule has 4 nitrogen and oxygen atoms in total. The molecule has 0 radical (unpaired) electrons. The predicted molar refractivity (Wildman–Crippen MR) is 85.2 cm³/mol. The van der Waals surface area contributed by atoms with E-state index >= 15 is 0 Å². The van der Waals surface area contributed by atoms with Gasteiger partial charge in [-0.25, -0.2) is 4.98 Å². The summed E-state index contributed by atoms with van der Waals surface area (Å²) in [5.74, 6) is 1.00. The molecule has 0 amide bonds. The number of pyridine rings is 2. The van der Waals surface area contributed by atoms with Gasteiger partial charge in [-0.15, -0.1) is 0 Å². The first-order chi connectivity index (χ1) is 10.2. The van der Waals surface area contributed by atoms with Gasteiger partial charge in [0.25, 0.3) is 0 Å². The number of rotatable bonds is 4. The molecule has 3 heterocycles. The molecule has 1 aliphatic heterocycles. The third-order valence-electron chi connectivity index (χ3n) is 4.05. The zero-order valence-corrected chi connectivity index (χ0v) is 12.7. The average Bonchev–Trinajstić information content (AvgIpc) is 2.97. The molecule has 0 spiro atoms. The van der Waals surface area contributed by atoms with E-state index < -0.39 is 0 Å². The first-order valence-corrected chi connectivity index (χ1v) is 7.51. The molecule has 1 saturated heterocycles. The van der Waals surface area contributed by atoms with Crippen molar-refractivity contribution in [3.05, 3.63) is 54.0 Å². The summed E-state index contributed by atoms with van der Waals surface area (Å²) in [6, 6.07) is 10.9. The summed E-state index contributed by atoms with van der Waals surface area (Å²) in [6.45, 7) is 2.08. The summed E-state index contributed by atoms with van der Waals surface area (Å²) in [5.41, 5.74) is 2.45. The monoisotopic (exact) mass is 282 g/mol. The van der Waals surface area contributed by atoms with Gasteiger partial charge in [0.05, 0.1) is 11.7 Å². The van der Waals surface area contributed by atoms with E-state index in [0.29, 0.717) is 6.04 Å². The van der Waals surface area contributed by atoms with Crippen LogP contribution in [-0.4, -0.2) is 35.5 Å². The first kappa shape index (κ1) is 14.0. The number of aromatic nitrogens is 2. The average molecular weight is 282 g/mol. The lowest BCUT2D eigenvalue weighted by molar-refractivity contribution is 0.244. The quantitative estimate of drug-likeness (QED) is 0.863. The van der Waals surface area contributed by atoms with Crippen LogP contribution >= 0.6 is 0 Å². The molecule has 21 heavy (non-hydrogen) atoms. The minimum atomic E-state index is 0.444. The molecule has 0 N–H and O–H groups in total. The third-order valence-corrected chi connectivity index (χ3v) is 4.05. The van der Waals surface area contributed by atoms with Crippen LogP contribution in [0.25, 0.3) is 0 Å². The van der Waals surface area contributed by atoms with Crippen LogP contribution in [0.2, 0.25) is 0 Å². The summed E-state index contributed by atoms with van der Waals surface area (Å²) < 4.78 is 0. The Bertz CT molecular complexity index is 565. The van der Waals surface area contributed by atoms with E-state index in [1.165, 1.54) is 24.1 Å². The van der Waals surface area contributed by atoms with Crippen molar-refractivity contribution in [3.63, 3.8) is 0 Å². The summed E-state index contributed by atoms with van der Waals surface area (Å²) in [4.78, 5) is 13.6. The number of anilines is 1. The fourth-order valence-electron chi connectivity index (χ4n) is 2.93. The number of nitrogens with zero attached hydrogens (tertiary/aromatic N) is 4. The highest BCUT2D eigenvalue weighted by atomic mass is 15.2. The van der Waals surface area contributed by atoms with Crippen molar-refractivity contribution in [1.82, 2.24) is 14.9 Å². The van der Waals surface area contributed by atoms with Crippen LogP contribution in [-0.2, 0) is 6.54 Å². The van der Waals surface area contributed by atoms with E-state index in [4.69, 9.17) is 0 Å². The summed E-state index contributed by atoms with van der Waals surface area (Å²) in [6.07, 6.45) is 6.31. The van der Waals surface area contributed by atoms with E-state index in [1.54, 1.807) is 0 Å². The fraction of sp³-hybridized carbons (Fsp3) is 0.412. The standard InChI is InChI=1S/C17H22N4/c1-20(2)17-9-8-14(12-19-17)13-21-11-5-7-16(21)15-6-3-4-10-18-15/h3-4,6,8-10,12,16H,5,7,11,13H2,1-2H3. The molecule has 110 valence electrons. The van der Waals surface area contributed by atoms with Gasteiger partial charge >= 0.3 is 0 Å². The molecule has 1 aliphatic rings. The maximum absolute atomic E-state index is 4.53. The maximum Gasteiger partial charge on any atom is 0.127 e. The van der Waals surface area contributed by atoms with Gasteiger partial charge in [-0.3, -0.25) is 9.88 Å². The Morgan fingerprint density at radius 1 is 1.19 bits per heavy atom. The van der Waals surface area contributed by atoms with E-state index in [1.807, 2.05) is 37.5 Å². The third kappa shape index (κ3) is 3.22. The first-order valence-electron chi connectivity index (χ1n) is 7.51. The molecule has 0 aliphatic carbocycles. The predicted octanol–water partition coefficient (Wildman–Crippen LogP) is 2.88. The minimum Gasteiger partial charge on any atom is -0.363 e. The molecule has 1 unspecified atom stereocenters. The Morgan fingerprint density at radius 3 is 2.76 bits per heavy atom. The Balaban J connectivity index is 1.71. The molecular formula is C17H22N4. The van der Waals surface area contributed by atoms with Crippen LogP contribution in [0.5, 0.6) is 0 Å². The van der Waals surface area contributed by atoms with E-state index in [0.717, 1.165) is 18.9 Å². The van der Waals surface area contributed by atoms with Crippen LogP contribution in [0, 0.1) is 0 Å². The highest BCUT2D eigenvalue weighted by molar-refractivity contribution is 5.37. The molecule has 2 aromatic heterocycles. The normalized spacial score (nSPS) is 18.9. The molecule has 0 bridgehead atoms. The molecular weight excluding hydrogens is 260 g/mol. The molecule has 0 saturated carbocycles. The van der Waals surface area contributed by atoms with Gasteiger partial charge in [0, 0.05) is 33.0 Å². The lowest BCUT2D eigenvalue weighted by atomic mass is 10.1. The van der Waals surface area contributed by atoms with Gasteiger partial charge in [0.2, 0.25) is 0 Å². The van der Waals surface area contributed by atoms with Crippen LogP contribution in [0.1, 0.15) is 30.1 Å².